The Morgan fingerprint density at radius 2 is 1.77 bits per heavy atom. The molecule has 1 amide bonds. The summed E-state index contributed by atoms with van der Waals surface area (Å²) in [5, 5.41) is 7.11. The molecular formula is C20H18BrN3O2. The summed E-state index contributed by atoms with van der Waals surface area (Å²) < 4.78 is 2.10. The molecule has 0 unspecified atom stereocenters. The summed E-state index contributed by atoms with van der Waals surface area (Å²) in [6, 6.07) is 16.3. The Labute approximate surface area is 159 Å². The summed E-state index contributed by atoms with van der Waals surface area (Å²) in [6.45, 7) is 3.92. The van der Waals surface area contributed by atoms with Gasteiger partial charge < -0.3 is 5.32 Å². The molecule has 0 aliphatic carbocycles. The normalized spacial score (nSPS) is 10.6. The number of hydrogen-bond donors (Lipinski definition) is 1. The van der Waals surface area contributed by atoms with Gasteiger partial charge >= 0.3 is 0 Å². The summed E-state index contributed by atoms with van der Waals surface area (Å²) in [6.07, 6.45) is 0. The number of nitrogens with zero attached hydrogens (tertiary/aromatic N) is 2. The zero-order valence-corrected chi connectivity index (χ0v) is 16.1. The molecule has 132 valence electrons. The standard InChI is InChI=1S/C20H18BrN3O2/c1-13-3-4-15(11-14(13)2)18-9-10-20(26)24(23-18)12-19(25)22-17-7-5-16(21)6-8-17/h3-11H,12H2,1-2H3,(H,22,25). The van der Waals surface area contributed by atoms with Gasteiger partial charge in [-0.3, -0.25) is 9.59 Å². The van der Waals surface area contributed by atoms with Gasteiger partial charge in [-0.05, 0) is 61.4 Å². The van der Waals surface area contributed by atoms with Crippen molar-refractivity contribution in [3.63, 3.8) is 0 Å². The number of carbonyl (C=O) groups is 1. The third-order valence-corrected chi connectivity index (χ3v) is 4.62. The van der Waals surface area contributed by atoms with E-state index in [1.165, 1.54) is 16.3 Å². The molecule has 0 aliphatic heterocycles. The SMILES string of the molecule is Cc1ccc(-c2ccc(=O)n(CC(=O)Nc3ccc(Br)cc3)n2)cc1C. The highest BCUT2D eigenvalue weighted by atomic mass is 79.9. The lowest BCUT2D eigenvalue weighted by Crippen LogP contribution is -2.29. The van der Waals surface area contributed by atoms with E-state index in [-0.39, 0.29) is 18.0 Å². The van der Waals surface area contributed by atoms with Crippen LogP contribution in [-0.4, -0.2) is 15.7 Å². The van der Waals surface area contributed by atoms with E-state index in [9.17, 15) is 9.59 Å². The lowest BCUT2D eigenvalue weighted by Gasteiger charge is -2.09. The highest BCUT2D eigenvalue weighted by Gasteiger charge is 2.09. The minimum absolute atomic E-state index is 0.145. The van der Waals surface area contributed by atoms with E-state index in [2.05, 4.69) is 26.3 Å². The fourth-order valence-corrected chi connectivity index (χ4v) is 2.75. The highest BCUT2D eigenvalue weighted by molar-refractivity contribution is 9.10. The van der Waals surface area contributed by atoms with E-state index in [4.69, 9.17) is 0 Å². The molecular weight excluding hydrogens is 394 g/mol. The number of anilines is 1. The summed E-state index contributed by atoms with van der Waals surface area (Å²) >= 11 is 3.35. The van der Waals surface area contributed by atoms with Crippen LogP contribution in [0.5, 0.6) is 0 Å². The van der Waals surface area contributed by atoms with Crippen LogP contribution < -0.4 is 10.9 Å². The minimum atomic E-state index is -0.316. The molecule has 1 aromatic heterocycles. The maximum absolute atomic E-state index is 12.2. The van der Waals surface area contributed by atoms with Crippen LogP contribution in [-0.2, 0) is 11.3 Å². The second kappa shape index (κ2) is 7.66. The molecule has 0 aliphatic rings. The molecule has 3 rings (SSSR count). The number of aromatic nitrogens is 2. The molecule has 2 aromatic carbocycles. The van der Waals surface area contributed by atoms with Crippen molar-refractivity contribution in [1.29, 1.82) is 0 Å². The number of aryl methyl sites for hydroxylation is 2. The zero-order valence-electron chi connectivity index (χ0n) is 14.5. The smallest absolute Gasteiger partial charge is 0.267 e. The first-order chi connectivity index (χ1) is 12.4. The van der Waals surface area contributed by atoms with Crippen molar-refractivity contribution in [3.05, 3.63) is 80.6 Å². The van der Waals surface area contributed by atoms with Crippen LogP contribution in [0.4, 0.5) is 5.69 Å². The van der Waals surface area contributed by atoms with Gasteiger partial charge in [0, 0.05) is 21.8 Å². The molecule has 26 heavy (non-hydrogen) atoms. The number of amides is 1. The van der Waals surface area contributed by atoms with E-state index < -0.39 is 0 Å². The Morgan fingerprint density at radius 3 is 2.46 bits per heavy atom. The number of halogens is 1. The van der Waals surface area contributed by atoms with Crippen molar-refractivity contribution in [2.24, 2.45) is 0 Å². The van der Waals surface area contributed by atoms with Crippen molar-refractivity contribution >= 4 is 27.5 Å². The summed E-state index contributed by atoms with van der Waals surface area (Å²) in [4.78, 5) is 24.3. The highest BCUT2D eigenvalue weighted by Crippen LogP contribution is 2.19. The van der Waals surface area contributed by atoms with Gasteiger partial charge in [-0.2, -0.15) is 5.10 Å². The fourth-order valence-electron chi connectivity index (χ4n) is 2.49. The van der Waals surface area contributed by atoms with Gasteiger partial charge in [0.2, 0.25) is 5.91 Å². The van der Waals surface area contributed by atoms with Gasteiger partial charge in [0.25, 0.3) is 5.56 Å². The fraction of sp³-hybridized carbons (Fsp3) is 0.150. The molecule has 0 saturated heterocycles. The molecule has 6 heteroatoms. The average molecular weight is 412 g/mol. The molecule has 0 radical (unpaired) electrons. The van der Waals surface area contributed by atoms with Crippen molar-refractivity contribution in [2.75, 3.05) is 5.32 Å². The predicted molar refractivity (Wildman–Crippen MR) is 106 cm³/mol. The number of carbonyl (C=O) groups excluding carboxylic acids is 1. The van der Waals surface area contributed by atoms with Crippen LogP contribution >= 0.6 is 15.9 Å². The van der Waals surface area contributed by atoms with Gasteiger partial charge in [0.05, 0.1) is 5.69 Å². The van der Waals surface area contributed by atoms with Gasteiger partial charge in [-0.25, -0.2) is 4.68 Å². The topological polar surface area (TPSA) is 64.0 Å². The maximum atomic E-state index is 12.2. The number of rotatable bonds is 4. The van der Waals surface area contributed by atoms with Crippen molar-refractivity contribution in [2.45, 2.75) is 20.4 Å². The van der Waals surface area contributed by atoms with Crippen molar-refractivity contribution < 1.29 is 4.79 Å². The molecule has 0 atom stereocenters. The number of benzene rings is 2. The van der Waals surface area contributed by atoms with Gasteiger partial charge in [-0.15, -0.1) is 0 Å². The molecule has 5 nitrogen and oxygen atoms in total. The van der Waals surface area contributed by atoms with Crippen LogP contribution in [0.2, 0.25) is 0 Å². The third-order valence-electron chi connectivity index (χ3n) is 4.09. The molecule has 3 aromatic rings. The Bertz CT molecular complexity index is 1010. The van der Waals surface area contributed by atoms with Crippen LogP contribution in [0, 0.1) is 13.8 Å². The van der Waals surface area contributed by atoms with E-state index in [1.807, 2.05) is 44.2 Å². The van der Waals surface area contributed by atoms with E-state index in [0.717, 1.165) is 15.6 Å². The monoisotopic (exact) mass is 411 g/mol. The predicted octanol–water partition coefficient (Wildman–Crippen LogP) is 3.93. The lowest BCUT2D eigenvalue weighted by atomic mass is 10.0. The van der Waals surface area contributed by atoms with Crippen LogP contribution in [0.15, 0.2) is 63.9 Å². The molecule has 0 fully saturated rings. The molecule has 0 spiro atoms. The van der Waals surface area contributed by atoms with Crippen LogP contribution in [0.25, 0.3) is 11.3 Å². The lowest BCUT2D eigenvalue weighted by molar-refractivity contribution is -0.117. The van der Waals surface area contributed by atoms with E-state index in [1.54, 1.807) is 18.2 Å². The van der Waals surface area contributed by atoms with Gasteiger partial charge in [0.15, 0.2) is 0 Å². The number of nitrogens with one attached hydrogen (secondary N) is 1. The van der Waals surface area contributed by atoms with Crippen molar-refractivity contribution in [3.8, 4) is 11.3 Å². The van der Waals surface area contributed by atoms with Gasteiger partial charge in [0.1, 0.15) is 6.54 Å². The Morgan fingerprint density at radius 1 is 1.04 bits per heavy atom. The maximum Gasteiger partial charge on any atom is 0.267 e. The Balaban J connectivity index is 1.81. The summed E-state index contributed by atoms with van der Waals surface area (Å²) in [7, 11) is 0. The second-order valence-electron chi connectivity index (χ2n) is 6.07. The minimum Gasteiger partial charge on any atom is -0.324 e. The quantitative estimate of drug-likeness (QED) is 0.707. The third kappa shape index (κ3) is 4.26. The van der Waals surface area contributed by atoms with Crippen molar-refractivity contribution in [1.82, 2.24) is 9.78 Å². The number of hydrogen-bond acceptors (Lipinski definition) is 3. The Kier molecular flexibility index (Phi) is 5.32. The van der Waals surface area contributed by atoms with Crippen LogP contribution in [0.3, 0.4) is 0 Å². The summed E-state index contributed by atoms with van der Waals surface area (Å²) in [5.74, 6) is -0.306. The second-order valence-corrected chi connectivity index (χ2v) is 6.98. The Hall–Kier alpha value is -2.73. The van der Waals surface area contributed by atoms with E-state index >= 15 is 0 Å². The van der Waals surface area contributed by atoms with Gasteiger partial charge in [-0.1, -0.05) is 28.1 Å². The average Bonchev–Trinajstić information content (AvgIpc) is 2.61. The zero-order chi connectivity index (χ0) is 18.7. The molecule has 1 N–H and O–H groups in total. The first kappa shape index (κ1) is 18.1. The first-order valence-corrected chi connectivity index (χ1v) is 8.93. The first-order valence-electron chi connectivity index (χ1n) is 8.13. The molecule has 0 bridgehead atoms. The molecule has 1 heterocycles. The summed E-state index contributed by atoms with van der Waals surface area (Å²) in [5.41, 5.74) is 4.25. The molecule has 0 saturated carbocycles. The largest absolute Gasteiger partial charge is 0.324 e. The van der Waals surface area contributed by atoms with E-state index in [0.29, 0.717) is 11.4 Å². The van der Waals surface area contributed by atoms with Crippen LogP contribution in [0.1, 0.15) is 11.1 Å².